The zero-order valence-corrected chi connectivity index (χ0v) is 17.0. The van der Waals surface area contributed by atoms with Crippen LogP contribution in [0.3, 0.4) is 0 Å². The number of nitrogens with one attached hydrogen (secondary N) is 2. The Balaban J connectivity index is 2.08. The summed E-state index contributed by atoms with van der Waals surface area (Å²) in [5.41, 5.74) is -0.305. The third-order valence-corrected chi connectivity index (χ3v) is 5.86. The molecule has 0 saturated heterocycles. The number of hydrogen-bond acceptors (Lipinski definition) is 4. The van der Waals surface area contributed by atoms with E-state index in [0.29, 0.717) is 11.6 Å². The standard InChI is InChI=1S/C20H15ClF2N2O4S/c1-24-20(27)12-7-14(21)19(26)18(8-12)30(28,29)25-17-9-13(15(22)10-16(17)23)11-5-3-2-4-6-11/h2-10,25-26H,1H3,(H,24,27). The second kappa shape index (κ2) is 8.29. The van der Waals surface area contributed by atoms with Crippen molar-refractivity contribution in [1.29, 1.82) is 0 Å². The first-order valence-electron chi connectivity index (χ1n) is 8.46. The van der Waals surface area contributed by atoms with E-state index < -0.39 is 43.9 Å². The minimum atomic E-state index is -4.59. The molecule has 3 N–H and O–H groups in total. The van der Waals surface area contributed by atoms with Crippen molar-refractivity contribution in [3.05, 3.63) is 76.8 Å². The molecule has 0 aliphatic carbocycles. The normalized spacial score (nSPS) is 11.2. The van der Waals surface area contributed by atoms with E-state index in [1.165, 1.54) is 7.05 Å². The number of aromatic hydroxyl groups is 1. The van der Waals surface area contributed by atoms with Crippen LogP contribution in [-0.4, -0.2) is 26.5 Å². The fourth-order valence-electron chi connectivity index (χ4n) is 2.72. The van der Waals surface area contributed by atoms with Gasteiger partial charge < -0.3 is 10.4 Å². The Hall–Kier alpha value is -3.17. The lowest BCUT2D eigenvalue weighted by molar-refractivity contribution is 0.0963. The highest BCUT2D eigenvalue weighted by atomic mass is 35.5. The van der Waals surface area contributed by atoms with E-state index in [-0.39, 0.29) is 16.1 Å². The molecule has 0 bridgehead atoms. The van der Waals surface area contributed by atoms with Gasteiger partial charge in [-0.15, -0.1) is 0 Å². The van der Waals surface area contributed by atoms with Crippen LogP contribution in [-0.2, 0) is 10.0 Å². The number of halogens is 3. The quantitative estimate of drug-likeness (QED) is 0.542. The molecular formula is C20H15ClF2N2O4S. The average Bonchev–Trinajstić information content (AvgIpc) is 2.71. The van der Waals surface area contributed by atoms with Crippen LogP contribution in [0.1, 0.15) is 10.4 Å². The third kappa shape index (κ3) is 4.22. The maximum atomic E-state index is 14.3. The zero-order chi connectivity index (χ0) is 22.1. The number of carbonyl (C=O) groups excluding carboxylic acids is 1. The smallest absolute Gasteiger partial charge is 0.265 e. The van der Waals surface area contributed by atoms with Gasteiger partial charge >= 0.3 is 0 Å². The van der Waals surface area contributed by atoms with Gasteiger partial charge in [-0.25, -0.2) is 17.2 Å². The first-order chi connectivity index (χ1) is 14.1. The lowest BCUT2D eigenvalue weighted by atomic mass is 10.0. The molecule has 10 heteroatoms. The molecule has 0 heterocycles. The van der Waals surface area contributed by atoms with Crippen LogP contribution in [0.5, 0.6) is 5.75 Å². The minimum Gasteiger partial charge on any atom is -0.505 e. The molecule has 0 saturated carbocycles. The molecule has 0 aliphatic heterocycles. The zero-order valence-electron chi connectivity index (χ0n) is 15.4. The molecule has 0 atom stereocenters. The van der Waals surface area contributed by atoms with E-state index in [1.54, 1.807) is 30.3 Å². The summed E-state index contributed by atoms with van der Waals surface area (Å²) >= 11 is 5.84. The summed E-state index contributed by atoms with van der Waals surface area (Å²) in [7, 11) is -3.26. The molecular weight excluding hydrogens is 438 g/mol. The summed E-state index contributed by atoms with van der Waals surface area (Å²) in [5.74, 6) is -3.51. The van der Waals surface area contributed by atoms with Gasteiger partial charge in [0.25, 0.3) is 15.9 Å². The van der Waals surface area contributed by atoms with Gasteiger partial charge in [0, 0.05) is 24.2 Å². The van der Waals surface area contributed by atoms with Crippen LogP contribution >= 0.6 is 11.6 Å². The maximum Gasteiger partial charge on any atom is 0.265 e. The molecule has 6 nitrogen and oxygen atoms in total. The fraction of sp³-hybridized carbons (Fsp3) is 0.0500. The van der Waals surface area contributed by atoms with E-state index in [2.05, 4.69) is 5.32 Å². The molecule has 0 radical (unpaired) electrons. The van der Waals surface area contributed by atoms with Crippen molar-refractivity contribution in [2.75, 3.05) is 11.8 Å². The van der Waals surface area contributed by atoms with Gasteiger partial charge in [-0.3, -0.25) is 9.52 Å². The summed E-state index contributed by atoms with van der Waals surface area (Å²) in [5, 5.41) is 12.0. The lowest BCUT2D eigenvalue weighted by Crippen LogP contribution is -2.20. The molecule has 156 valence electrons. The van der Waals surface area contributed by atoms with Gasteiger partial charge in [0.15, 0.2) is 5.75 Å². The molecule has 30 heavy (non-hydrogen) atoms. The van der Waals surface area contributed by atoms with Crippen LogP contribution < -0.4 is 10.0 Å². The lowest BCUT2D eigenvalue weighted by Gasteiger charge is -2.14. The summed E-state index contributed by atoms with van der Waals surface area (Å²) in [6, 6.07) is 11.7. The second-order valence-corrected chi connectivity index (χ2v) is 8.23. The van der Waals surface area contributed by atoms with Crippen molar-refractivity contribution in [2.24, 2.45) is 0 Å². The van der Waals surface area contributed by atoms with Crippen molar-refractivity contribution >= 4 is 33.2 Å². The van der Waals surface area contributed by atoms with Crippen LogP contribution in [0.25, 0.3) is 11.1 Å². The highest BCUT2D eigenvalue weighted by molar-refractivity contribution is 7.92. The predicted octanol–water partition coefficient (Wildman–Crippen LogP) is 4.15. The number of sulfonamides is 1. The summed E-state index contributed by atoms with van der Waals surface area (Å²) in [4.78, 5) is 11.1. The summed E-state index contributed by atoms with van der Waals surface area (Å²) < 4.78 is 56.1. The molecule has 1 amide bonds. The van der Waals surface area contributed by atoms with E-state index >= 15 is 0 Å². The molecule has 0 unspecified atom stereocenters. The monoisotopic (exact) mass is 452 g/mol. The number of anilines is 1. The Bertz CT molecular complexity index is 1240. The number of phenolic OH excluding ortho intramolecular Hbond substituents is 1. The maximum absolute atomic E-state index is 14.3. The summed E-state index contributed by atoms with van der Waals surface area (Å²) in [6.07, 6.45) is 0. The van der Waals surface area contributed by atoms with Gasteiger partial charge in [-0.1, -0.05) is 41.9 Å². The van der Waals surface area contributed by atoms with Gasteiger partial charge in [0.05, 0.1) is 10.7 Å². The Morgan fingerprint density at radius 3 is 2.33 bits per heavy atom. The number of hydrogen-bond donors (Lipinski definition) is 3. The Kier molecular flexibility index (Phi) is 5.95. The molecule has 3 aromatic rings. The van der Waals surface area contributed by atoms with E-state index in [1.807, 2.05) is 4.72 Å². The number of phenols is 1. The average molecular weight is 453 g/mol. The number of rotatable bonds is 5. The largest absolute Gasteiger partial charge is 0.505 e. The van der Waals surface area contributed by atoms with E-state index in [9.17, 15) is 27.1 Å². The van der Waals surface area contributed by atoms with Crippen molar-refractivity contribution in [2.45, 2.75) is 4.90 Å². The van der Waals surface area contributed by atoms with Crippen LogP contribution in [0.2, 0.25) is 5.02 Å². The molecule has 3 aromatic carbocycles. The number of benzene rings is 3. The molecule has 0 fully saturated rings. The number of amides is 1. The third-order valence-electron chi connectivity index (χ3n) is 4.19. The fourth-order valence-corrected chi connectivity index (χ4v) is 4.20. The van der Waals surface area contributed by atoms with Gasteiger partial charge in [0.2, 0.25) is 0 Å². The molecule has 0 aromatic heterocycles. The van der Waals surface area contributed by atoms with E-state index in [4.69, 9.17) is 11.6 Å². The second-order valence-electron chi connectivity index (χ2n) is 6.17. The van der Waals surface area contributed by atoms with Crippen LogP contribution in [0, 0.1) is 11.6 Å². The van der Waals surface area contributed by atoms with Crippen molar-refractivity contribution in [1.82, 2.24) is 5.32 Å². The Morgan fingerprint density at radius 2 is 1.70 bits per heavy atom. The van der Waals surface area contributed by atoms with E-state index in [0.717, 1.165) is 18.2 Å². The SMILES string of the molecule is CNC(=O)c1cc(Cl)c(O)c(S(=O)(=O)Nc2cc(-c3ccccc3)c(F)cc2F)c1. The van der Waals surface area contributed by atoms with Crippen LogP contribution in [0.4, 0.5) is 14.5 Å². The Morgan fingerprint density at radius 1 is 1.03 bits per heavy atom. The van der Waals surface area contributed by atoms with Gasteiger partial charge in [-0.05, 0) is 23.8 Å². The predicted molar refractivity (Wildman–Crippen MR) is 109 cm³/mol. The highest BCUT2D eigenvalue weighted by Gasteiger charge is 2.25. The topological polar surface area (TPSA) is 95.5 Å². The Labute approximate surface area is 176 Å². The highest BCUT2D eigenvalue weighted by Crippen LogP contribution is 2.35. The van der Waals surface area contributed by atoms with Gasteiger partial charge in [-0.2, -0.15) is 0 Å². The van der Waals surface area contributed by atoms with Crippen molar-refractivity contribution in [3.63, 3.8) is 0 Å². The van der Waals surface area contributed by atoms with Crippen LogP contribution in [0.15, 0.2) is 59.5 Å². The molecule has 3 rings (SSSR count). The summed E-state index contributed by atoms with van der Waals surface area (Å²) in [6.45, 7) is 0. The van der Waals surface area contributed by atoms with Gasteiger partial charge in [0.1, 0.15) is 16.5 Å². The number of carbonyl (C=O) groups is 1. The molecule has 0 spiro atoms. The first-order valence-corrected chi connectivity index (χ1v) is 10.3. The minimum absolute atomic E-state index is 0.0314. The van der Waals surface area contributed by atoms with Crippen molar-refractivity contribution < 1.29 is 27.1 Å². The molecule has 0 aliphatic rings. The van der Waals surface area contributed by atoms with Crippen molar-refractivity contribution in [3.8, 4) is 16.9 Å². The first kappa shape index (κ1) is 21.5.